The minimum Gasteiger partial charge on any atom is -0.494 e. The lowest BCUT2D eigenvalue weighted by Gasteiger charge is -2.33. The van der Waals surface area contributed by atoms with Gasteiger partial charge in [-0.25, -0.2) is 4.99 Å². The van der Waals surface area contributed by atoms with Crippen molar-refractivity contribution in [2.75, 3.05) is 13.2 Å². The third kappa shape index (κ3) is 4.20. The van der Waals surface area contributed by atoms with Crippen LogP contribution < -0.4 is 21.3 Å². The normalized spacial score (nSPS) is 15.8. The summed E-state index contributed by atoms with van der Waals surface area (Å²) < 4.78 is 7.66. The summed E-state index contributed by atoms with van der Waals surface area (Å²) in [6, 6.07) is 6.18. The highest BCUT2D eigenvalue weighted by molar-refractivity contribution is 5.76. The maximum absolute atomic E-state index is 12.6. The topological polar surface area (TPSA) is 79.7 Å². The van der Waals surface area contributed by atoms with E-state index in [0.29, 0.717) is 43.0 Å². The van der Waals surface area contributed by atoms with E-state index in [9.17, 15) is 9.59 Å². The molecule has 0 bridgehead atoms. The number of hydrogen-bond donors (Lipinski definition) is 1. The Hall–Kier alpha value is -2.83. The quantitative estimate of drug-likeness (QED) is 0.607. The van der Waals surface area contributed by atoms with E-state index in [0.717, 1.165) is 36.4 Å². The summed E-state index contributed by atoms with van der Waals surface area (Å²) in [6.45, 7) is 7.71. The van der Waals surface area contributed by atoms with Gasteiger partial charge in [-0.1, -0.05) is 31.9 Å². The van der Waals surface area contributed by atoms with Crippen molar-refractivity contribution in [3.8, 4) is 5.75 Å². The Morgan fingerprint density at radius 1 is 1.33 bits per heavy atom. The molecule has 1 aromatic carbocycles. The molecule has 160 valence electrons. The van der Waals surface area contributed by atoms with Gasteiger partial charge in [0.15, 0.2) is 0 Å². The van der Waals surface area contributed by atoms with Gasteiger partial charge in [0.2, 0.25) is 11.5 Å². The van der Waals surface area contributed by atoms with Gasteiger partial charge in [-0.3, -0.25) is 14.6 Å². The molecule has 2 aliphatic rings. The van der Waals surface area contributed by atoms with Gasteiger partial charge in [-0.15, -0.1) is 0 Å². The minimum absolute atomic E-state index is 0.211. The average Bonchev–Trinajstić information content (AvgIpc) is 3.03. The first-order valence-corrected chi connectivity index (χ1v) is 11.0. The van der Waals surface area contributed by atoms with Crippen LogP contribution in [-0.2, 0) is 11.3 Å². The molecule has 30 heavy (non-hydrogen) atoms. The molecule has 7 nitrogen and oxygen atoms in total. The first-order valence-electron chi connectivity index (χ1n) is 11.0. The second-order valence-corrected chi connectivity index (χ2v) is 8.14. The summed E-state index contributed by atoms with van der Waals surface area (Å²) in [5, 5.41) is 0.416. The molecular weight excluding hydrogens is 380 g/mol. The van der Waals surface area contributed by atoms with E-state index < -0.39 is 0 Å². The number of hydrogen-bond acceptors (Lipinski definition) is 4. The highest BCUT2D eigenvalue weighted by atomic mass is 16.5. The van der Waals surface area contributed by atoms with Crippen molar-refractivity contribution in [2.45, 2.75) is 64.5 Å². The fourth-order valence-corrected chi connectivity index (χ4v) is 4.49. The summed E-state index contributed by atoms with van der Waals surface area (Å²) in [5.74, 6) is 0.962. The third-order valence-electron chi connectivity index (χ3n) is 6.16. The number of aromatic amines is 1. The van der Waals surface area contributed by atoms with Gasteiger partial charge in [-0.2, -0.15) is 0 Å². The number of aromatic nitrogens is 2. The molecular formula is C23H30N4O3. The summed E-state index contributed by atoms with van der Waals surface area (Å²) >= 11 is 0. The first kappa shape index (κ1) is 20.4. The standard InChI is InChI=1S/C23H30N4O3/c1-3-26(18-8-5-4-6-9-18)21(28)10-7-13-30-19-12-11-17-15-27-16(2)22(29)25-23(27)24-20(17)14-19/h11-12,14,18H,2-10,13,15H2,1H3,(H,24,25,29). The number of ether oxygens (including phenoxy) is 1. The first-order chi connectivity index (χ1) is 14.6. The second kappa shape index (κ2) is 8.90. The Bertz CT molecular complexity index is 1080. The molecule has 1 aromatic heterocycles. The van der Waals surface area contributed by atoms with Crippen molar-refractivity contribution in [3.63, 3.8) is 0 Å². The van der Waals surface area contributed by atoms with E-state index in [4.69, 9.17) is 4.74 Å². The third-order valence-corrected chi connectivity index (χ3v) is 6.16. The van der Waals surface area contributed by atoms with Gasteiger partial charge in [-0.05, 0) is 37.8 Å². The van der Waals surface area contributed by atoms with Crippen molar-refractivity contribution in [2.24, 2.45) is 4.99 Å². The average molecular weight is 411 g/mol. The summed E-state index contributed by atoms with van der Waals surface area (Å²) in [5.41, 5.74) is 2.11. The summed E-state index contributed by atoms with van der Waals surface area (Å²) in [4.78, 5) is 33.7. The van der Waals surface area contributed by atoms with Gasteiger partial charge >= 0.3 is 0 Å². The number of rotatable bonds is 7. The molecule has 1 fully saturated rings. The Kier molecular flexibility index (Phi) is 6.06. The van der Waals surface area contributed by atoms with Crippen molar-refractivity contribution < 1.29 is 9.53 Å². The summed E-state index contributed by atoms with van der Waals surface area (Å²) in [6.07, 6.45) is 7.24. The van der Waals surface area contributed by atoms with E-state index in [1.807, 2.05) is 18.2 Å². The minimum atomic E-state index is -0.211. The SMILES string of the molecule is C=c1c(=O)[nH]c2n1Cc1ccc(OCCCC(=O)N(CC)C3CCCCC3)cc1N=2. The maximum Gasteiger partial charge on any atom is 0.274 e. The van der Waals surface area contributed by atoms with Crippen molar-refractivity contribution in [3.05, 3.63) is 45.1 Å². The number of fused-ring (bicyclic) bond motifs is 2. The zero-order valence-electron chi connectivity index (χ0n) is 17.7. The van der Waals surface area contributed by atoms with Gasteiger partial charge in [0.1, 0.15) is 11.1 Å². The van der Waals surface area contributed by atoms with Crippen LogP contribution in [0.5, 0.6) is 5.75 Å². The van der Waals surface area contributed by atoms with E-state index in [1.54, 1.807) is 4.57 Å². The Morgan fingerprint density at radius 2 is 2.13 bits per heavy atom. The van der Waals surface area contributed by atoms with Crippen LogP contribution in [0.2, 0.25) is 0 Å². The maximum atomic E-state index is 12.6. The molecule has 1 N–H and O–H groups in total. The number of carbonyl (C=O) groups excluding carboxylic acids is 1. The highest BCUT2D eigenvalue weighted by Crippen LogP contribution is 2.27. The van der Waals surface area contributed by atoms with E-state index in [2.05, 4.69) is 28.4 Å². The lowest BCUT2D eigenvalue weighted by molar-refractivity contribution is -0.134. The largest absolute Gasteiger partial charge is 0.494 e. The van der Waals surface area contributed by atoms with Crippen LogP contribution in [0.3, 0.4) is 0 Å². The number of imidazole rings is 1. The number of nitrogens with one attached hydrogen (secondary N) is 1. The van der Waals surface area contributed by atoms with Gasteiger partial charge in [0, 0.05) is 25.1 Å². The Balaban J connectivity index is 1.32. The molecule has 1 saturated carbocycles. The van der Waals surface area contributed by atoms with Crippen molar-refractivity contribution >= 4 is 18.2 Å². The van der Waals surface area contributed by atoms with E-state index in [1.165, 1.54) is 19.3 Å². The fourth-order valence-electron chi connectivity index (χ4n) is 4.49. The van der Waals surface area contributed by atoms with Gasteiger partial charge in [0.25, 0.3) is 5.56 Å². The Labute approximate surface area is 176 Å². The highest BCUT2D eigenvalue weighted by Gasteiger charge is 2.23. The molecule has 1 aliphatic heterocycles. The van der Waals surface area contributed by atoms with Crippen LogP contribution in [0, 0.1) is 0 Å². The van der Waals surface area contributed by atoms with E-state index >= 15 is 0 Å². The molecule has 2 aromatic rings. The number of H-pyrrole nitrogens is 1. The number of benzene rings is 1. The van der Waals surface area contributed by atoms with Crippen molar-refractivity contribution in [1.29, 1.82) is 0 Å². The van der Waals surface area contributed by atoms with Crippen LogP contribution in [-0.4, -0.2) is 39.6 Å². The lowest BCUT2D eigenvalue weighted by Crippen LogP contribution is -2.41. The summed E-state index contributed by atoms with van der Waals surface area (Å²) in [7, 11) is 0. The van der Waals surface area contributed by atoms with Crippen LogP contribution in [0.4, 0.5) is 5.69 Å². The fraction of sp³-hybridized carbons (Fsp3) is 0.522. The second-order valence-electron chi connectivity index (χ2n) is 8.14. The monoisotopic (exact) mass is 410 g/mol. The number of amides is 1. The molecule has 0 saturated heterocycles. The molecule has 0 unspecified atom stereocenters. The zero-order valence-corrected chi connectivity index (χ0v) is 17.7. The molecule has 0 atom stereocenters. The van der Waals surface area contributed by atoms with Crippen LogP contribution in [0.15, 0.2) is 28.0 Å². The molecule has 0 radical (unpaired) electrons. The molecule has 4 rings (SSSR count). The van der Waals surface area contributed by atoms with Crippen molar-refractivity contribution in [1.82, 2.24) is 14.5 Å². The number of nitrogens with zero attached hydrogens (tertiary/aromatic N) is 3. The van der Waals surface area contributed by atoms with Crippen LogP contribution in [0.1, 0.15) is 57.4 Å². The zero-order chi connectivity index (χ0) is 21.1. The lowest BCUT2D eigenvalue weighted by atomic mass is 9.94. The van der Waals surface area contributed by atoms with E-state index in [-0.39, 0.29) is 11.5 Å². The molecule has 2 heterocycles. The number of carbonyl (C=O) groups is 1. The Morgan fingerprint density at radius 3 is 2.90 bits per heavy atom. The smallest absolute Gasteiger partial charge is 0.274 e. The van der Waals surface area contributed by atoms with Gasteiger partial charge in [0.05, 0.1) is 18.8 Å². The predicted molar refractivity (Wildman–Crippen MR) is 116 cm³/mol. The molecule has 7 heteroatoms. The molecule has 0 spiro atoms. The predicted octanol–water partition coefficient (Wildman–Crippen LogP) is 2.24. The van der Waals surface area contributed by atoms with Crippen LogP contribution in [0.25, 0.3) is 6.58 Å². The van der Waals surface area contributed by atoms with Crippen LogP contribution >= 0.6 is 0 Å². The van der Waals surface area contributed by atoms with Gasteiger partial charge < -0.3 is 14.2 Å². The molecule has 1 aliphatic carbocycles. The molecule has 1 amide bonds.